The summed E-state index contributed by atoms with van der Waals surface area (Å²) in [7, 11) is 0. The summed E-state index contributed by atoms with van der Waals surface area (Å²) in [6.45, 7) is 2.06. The molecule has 0 spiro atoms. The maximum atomic E-state index is 12.4. The molecule has 1 amide bonds. The number of nitrogens with one attached hydrogen (secondary N) is 1. The summed E-state index contributed by atoms with van der Waals surface area (Å²) in [5.41, 5.74) is 1.83. The monoisotopic (exact) mass is 394 g/mol. The molecule has 4 aromatic rings. The molecule has 0 fully saturated rings. The summed E-state index contributed by atoms with van der Waals surface area (Å²) in [4.78, 5) is 25.0. The third-order valence-corrected chi connectivity index (χ3v) is 4.37. The molecule has 0 radical (unpaired) electrons. The molecule has 0 bridgehead atoms. The molecule has 0 aliphatic rings. The summed E-state index contributed by atoms with van der Waals surface area (Å²) >= 11 is 6.11. The predicted molar refractivity (Wildman–Crippen MR) is 102 cm³/mol. The first kappa shape index (κ1) is 17.9. The number of carbonyl (C=O) groups excluding carboxylic acids is 1. The number of carbonyl (C=O) groups is 1. The summed E-state index contributed by atoms with van der Waals surface area (Å²) in [5, 5.41) is 7.20. The van der Waals surface area contributed by atoms with Crippen molar-refractivity contribution in [3.05, 3.63) is 77.2 Å². The SMILES string of the molecule is Cc1noc(-c2ccnc(-n3cnc(C(=O)NCc4ccccc4Cl)c3)c2)n1. The third kappa shape index (κ3) is 3.77. The topological polar surface area (TPSA) is 98.7 Å². The first-order valence-electron chi connectivity index (χ1n) is 8.43. The van der Waals surface area contributed by atoms with Crippen LogP contribution in [0.4, 0.5) is 0 Å². The number of hydrogen-bond acceptors (Lipinski definition) is 6. The van der Waals surface area contributed by atoms with Gasteiger partial charge in [0.1, 0.15) is 17.8 Å². The van der Waals surface area contributed by atoms with Crippen molar-refractivity contribution in [3.63, 3.8) is 0 Å². The van der Waals surface area contributed by atoms with Crippen molar-refractivity contribution >= 4 is 17.5 Å². The highest BCUT2D eigenvalue weighted by atomic mass is 35.5. The van der Waals surface area contributed by atoms with Crippen molar-refractivity contribution in [2.24, 2.45) is 0 Å². The number of imidazole rings is 1. The lowest BCUT2D eigenvalue weighted by atomic mass is 10.2. The Bertz CT molecular complexity index is 1140. The predicted octanol–water partition coefficient (Wildman–Crippen LogP) is 3.21. The smallest absolute Gasteiger partial charge is 0.271 e. The van der Waals surface area contributed by atoms with Crippen molar-refractivity contribution in [2.45, 2.75) is 13.5 Å². The number of pyridine rings is 1. The van der Waals surface area contributed by atoms with Crippen molar-refractivity contribution in [1.82, 2.24) is 30.0 Å². The Morgan fingerprint density at radius 3 is 2.89 bits per heavy atom. The van der Waals surface area contributed by atoms with Gasteiger partial charge in [0, 0.05) is 29.5 Å². The van der Waals surface area contributed by atoms with Crippen molar-refractivity contribution in [2.75, 3.05) is 0 Å². The van der Waals surface area contributed by atoms with Gasteiger partial charge >= 0.3 is 0 Å². The highest BCUT2D eigenvalue weighted by Crippen LogP contribution is 2.19. The Kier molecular flexibility index (Phi) is 4.86. The number of hydrogen-bond donors (Lipinski definition) is 1. The van der Waals surface area contributed by atoms with E-state index in [2.05, 4.69) is 25.4 Å². The zero-order valence-electron chi connectivity index (χ0n) is 14.8. The summed E-state index contributed by atoms with van der Waals surface area (Å²) in [5.74, 6) is 1.22. The molecule has 8 nitrogen and oxygen atoms in total. The molecule has 140 valence electrons. The van der Waals surface area contributed by atoms with Gasteiger partial charge in [0.2, 0.25) is 0 Å². The first-order valence-corrected chi connectivity index (χ1v) is 8.80. The third-order valence-electron chi connectivity index (χ3n) is 4.00. The van der Waals surface area contributed by atoms with Gasteiger partial charge in [0.15, 0.2) is 5.82 Å². The lowest BCUT2D eigenvalue weighted by Crippen LogP contribution is -2.23. The summed E-state index contributed by atoms with van der Waals surface area (Å²) < 4.78 is 6.83. The van der Waals surface area contributed by atoms with Crippen LogP contribution in [0, 0.1) is 6.92 Å². The zero-order valence-corrected chi connectivity index (χ0v) is 15.6. The highest BCUT2D eigenvalue weighted by molar-refractivity contribution is 6.31. The van der Waals surface area contributed by atoms with E-state index in [1.54, 1.807) is 42.1 Å². The lowest BCUT2D eigenvalue weighted by Gasteiger charge is -2.05. The van der Waals surface area contributed by atoms with Gasteiger partial charge < -0.3 is 9.84 Å². The molecular weight excluding hydrogens is 380 g/mol. The van der Waals surface area contributed by atoms with Crippen LogP contribution in [0.1, 0.15) is 21.9 Å². The van der Waals surface area contributed by atoms with Gasteiger partial charge in [-0.1, -0.05) is 35.0 Å². The number of nitrogens with zero attached hydrogens (tertiary/aromatic N) is 5. The minimum absolute atomic E-state index is 0.271. The minimum Gasteiger partial charge on any atom is -0.347 e. The van der Waals surface area contributed by atoms with Crippen LogP contribution in [0.5, 0.6) is 0 Å². The molecular formula is C19H15ClN6O2. The standard InChI is InChI=1S/C19H15ClN6O2/c1-12-24-19(28-25-12)13-6-7-21-17(8-13)26-10-16(23-11-26)18(27)22-9-14-4-2-3-5-15(14)20/h2-8,10-11H,9H2,1H3,(H,22,27). The van der Waals surface area contributed by atoms with E-state index >= 15 is 0 Å². The van der Waals surface area contributed by atoms with Gasteiger partial charge in [-0.2, -0.15) is 4.98 Å². The number of halogens is 1. The average Bonchev–Trinajstić information content (AvgIpc) is 3.37. The quantitative estimate of drug-likeness (QED) is 0.558. The van der Waals surface area contributed by atoms with E-state index in [4.69, 9.17) is 16.1 Å². The maximum absolute atomic E-state index is 12.4. The lowest BCUT2D eigenvalue weighted by molar-refractivity contribution is 0.0946. The minimum atomic E-state index is -0.303. The van der Waals surface area contributed by atoms with Gasteiger partial charge in [-0.3, -0.25) is 9.36 Å². The molecule has 0 saturated carbocycles. The van der Waals surface area contributed by atoms with Gasteiger partial charge in [0.25, 0.3) is 11.8 Å². The number of rotatable bonds is 5. The molecule has 0 aliphatic heterocycles. The van der Waals surface area contributed by atoms with E-state index in [9.17, 15) is 4.79 Å². The molecule has 3 heterocycles. The van der Waals surface area contributed by atoms with Crippen LogP contribution in [0.15, 0.2) is 59.6 Å². The Labute approximate surface area is 165 Å². The van der Waals surface area contributed by atoms with E-state index in [1.165, 1.54) is 6.33 Å². The van der Waals surface area contributed by atoms with Crippen molar-refractivity contribution in [3.8, 4) is 17.3 Å². The Balaban J connectivity index is 1.50. The van der Waals surface area contributed by atoms with E-state index in [-0.39, 0.29) is 11.6 Å². The van der Waals surface area contributed by atoms with E-state index < -0.39 is 0 Å². The van der Waals surface area contributed by atoms with Crippen LogP contribution in [-0.2, 0) is 6.54 Å². The molecule has 9 heteroatoms. The fraction of sp³-hybridized carbons (Fsp3) is 0.105. The van der Waals surface area contributed by atoms with Crippen LogP contribution in [0.3, 0.4) is 0 Å². The van der Waals surface area contributed by atoms with Crippen molar-refractivity contribution < 1.29 is 9.32 Å². The van der Waals surface area contributed by atoms with E-state index in [0.29, 0.717) is 29.1 Å². The van der Waals surface area contributed by atoms with Gasteiger partial charge in [-0.15, -0.1) is 0 Å². The molecule has 0 aliphatic carbocycles. The van der Waals surface area contributed by atoms with Crippen LogP contribution < -0.4 is 5.32 Å². The Hall–Kier alpha value is -3.52. The summed E-state index contributed by atoms with van der Waals surface area (Å²) in [6, 6.07) is 10.9. The highest BCUT2D eigenvalue weighted by Gasteiger charge is 2.13. The van der Waals surface area contributed by atoms with Crippen LogP contribution >= 0.6 is 11.6 Å². The molecule has 0 atom stereocenters. The van der Waals surface area contributed by atoms with Crippen LogP contribution in [-0.4, -0.2) is 30.6 Å². The Morgan fingerprint density at radius 1 is 1.25 bits per heavy atom. The number of aromatic nitrogens is 5. The number of aryl methyl sites for hydroxylation is 1. The Morgan fingerprint density at radius 2 is 2.11 bits per heavy atom. The first-order chi connectivity index (χ1) is 13.6. The number of benzene rings is 1. The average molecular weight is 395 g/mol. The second-order valence-electron chi connectivity index (χ2n) is 5.99. The van der Waals surface area contributed by atoms with E-state index in [1.807, 2.05) is 18.2 Å². The molecule has 1 aromatic carbocycles. The number of amides is 1. The van der Waals surface area contributed by atoms with Gasteiger partial charge in [-0.25, -0.2) is 9.97 Å². The van der Waals surface area contributed by atoms with E-state index in [0.717, 1.165) is 11.1 Å². The van der Waals surface area contributed by atoms with Gasteiger partial charge in [0.05, 0.1) is 0 Å². The van der Waals surface area contributed by atoms with Crippen molar-refractivity contribution in [1.29, 1.82) is 0 Å². The molecule has 0 saturated heterocycles. The fourth-order valence-electron chi connectivity index (χ4n) is 2.58. The largest absolute Gasteiger partial charge is 0.347 e. The molecule has 4 rings (SSSR count). The molecule has 3 aromatic heterocycles. The molecule has 1 N–H and O–H groups in total. The maximum Gasteiger partial charge on any atom is 0.271 e. The fourth-order valence-corrected chi connectivity index (χ4v) is 2.78. The molecule has 0 unspecified atom stereocenters. The van der Waals surface area contributed by atoms with Crippen LogP contribution in [0.2, 0.25) is 5.02 Å². The molecule has 28 heavy (non-hydrogen) atoms. The second kappa shape index (κ2) is 7.61. The zero-order chi connectivity index (χ0) is 19.5. The second-order valence-corrected chi connectivity index (χ2v) is 6.40. The summed E-state index contributed by atoms with van der Waals surface area (Å²) in [6.07, 6.45) is 4.75. The normalized spacial score (nSPS) is 10.8. The van der Waals surface area contributed by atoms with Gasteiger partial charge in [-0.05, 0) is 30.7 Å². The van der Waals surface area contributed by atoms with Crippen LogP contribution in [0.25, 0.3) is 17.3 Å².